The van der Waals surface area contributed by atoms with Gasteiger partial charge in [-0.05, 0) is 37.1 Å². The number of hydrogen-bond donors (Lipinski definition) is 1. The Labute approximate surface area is 165 Å². The summed E-state index contributed by atoms with van der Waals surface area (Å²) in [6.07, 6.45) is 0.682. The maximum atomic E-state index is 12.4. The van der Waals surface area contributed by atoms with Gasteiger partial charge >= 0.3 is 0 Å². The van der Waals surface area contributed by atoms with E-state index in [1.165, 1.54) is 5.56 Å². The topological polar surface area (TPSA) is 59.9 Å². The Bertz CT molecular complexity index is 778. The number of nitrogens with one attached hydrogen (secondary N) is 1. The van der Waals surface area contributed by atoms with Crippen molar-refractivity contribution < 1.29 is 14.3 Å². The highest BCUT2D eigenvalue weighted by molar-refractivity contribution is 7.99. The van der Waals surface area contributed by atoms with E-state index in [2.05, 4.69) is 22.7 Å². The Morgan fingerprint density at radius 1 is 1.11 bits per heavy atom. The summed E-state index contributed by atoms with van der Waals surface area (Å²) in [5, 5.41) is 4.13. The van der Waals surface area contributed by atoms with Crippen molar-refractivity contribution in [3.8, 4) is 11.5 Å². The van der Waals surface area contributed by atoms with Gasteiger partial charge < -0.3 is 9.47 Å². The first-order chi connectivity index (χ1) is 13.1. The van der Waals surface area contributed by atoms with E-state index in [4.69, 9.17) is 9.47 Å². The molecule has 0 bridgehead atoms. The van der Waals surface area contributed by atoms with Crippen LogP contribution in [0.3, 0.4) is 0 Å². The summed E-state index contributed by atoms with van der Waals surface area (Å²) in [6, 6.07) is 15.7. The lowest BCUT2D eigenvalue weighted by Crippen LogP contribution is -2.28. The molecule has 5 nitrogen and oxygen atoms in total. The van der Waals surface area contributed by atoms with Crippen LogP contribution in [0.5, 0.6) is 11.5 Å². The molecule has 0 fully saturated rings. The van der Waals surface area contributed by atoms with E-state index < -0.39 is 0 Å². The quantitative estimate of drug-likeness (QED) is 0.517. The van der Waals surface area contributed by atoms with Gasteiger partial charge in [0.2, 0.25) is 0 Å². The van der Waals surface area contributed by atoms with Crippen LogP contribution >= 0.6 is 11.8 Å². The smallest absolute Gasteiger partial charge is 0.252 e. The average molecular weight is 387 g/mol. The summed E-state index contributed by atoms with van der Waals surface area (Å²) in [6.45, 7) is 3.88. The van der Waals surface area contributed by atoms with Crippen molar-refractivity contribution in [3.05, 3.63) is 59.7 Å². The molecule has 2 aromatic rings. The van der Waals surface area contributed by atoms with E-state index in [0.717, 1.165) is 17.0 Å². The number of carbonyl (C=O) groups is 1. The molecular weight excluding hydrogens is 360 g/mol. The molecule has 1 atom stereocenters. The molecule has 0 radical (unpaired) electrons. The minimum atomic E-state index is -0.197. The molecule has 1 N–H and O–H groups in total. The monoisotopic (exact) mass is 386 g/mol. The first kappa shape index (κ1) is 20.8. The lowest BCUT2D eigenvalue weighted by molar-refractivity contribution is -0.120. The van der Waals surface area contributed by atoms with E-state index in [1.807, 2.05) is 50.2 Å². The number of ether oxygens (including phenoxy) is 2. The number of benzene rings is 2. The van der Waals surface area contributed by atoms with Crippen molar-refractivity contribution in [2.75, 3.05) is 14.2 Å². The normalized spacial score (nSPS) is 12.4. The molecule has 2 aromatic carbocycles. The molecule has 0 aliphatic carbocycles. The van der Waals surface area contributed by atoms with Gasteiger partial charge in [-0.3, -0.25) is 4.79 Å². The van der Waals surface area contributed by atoms with Crippen molar-refractivity contribution in [1.82, 2.24) is 5.43 Å². The van der Waals surface area contributed by atoms with Gasteiger partial charge in [-0.2, -0.15) is 5.10 Å². The van der Waals surface area contributed by atoms with Crippen molar-refractivity contribution in [1.29, 1.82) is 0 Å². The lowest BCUT2D eigenvalue weighted by atomic mass is 10.1. The Morgan fingerprint density at radius 2 is 1.81 bits per heavy atom. The fourth-order valence-electron chi connectivity index (χ4n) is 2.45. The summed E-state index contributed by atoms with van der Waals surface area (Å²) in [5.41, 5.74) is 5.56. The van der Waals surface area contributed by atoms with E-state index in [0.29, 0.717) is 17.9 Å². The van der Waals surface area contributed by atoms with Gasteiger partial charge in [-0.1, -0.05) is 37.3 Å². The molecule has 0 saturated carbocycles. The summed E-state index contributed by atoms with van der Waals surface area (Å²) < 4.78 is 10.6. The zero-order chi connectivity index (χ0) is 19.6. The number of carbonyl (C=O) groups excluding carboxylic acids is 1. The highest BCUT2D eigenvalue weighted by atomic mass is 32.2. The van der Waals surface area contributed by atoms with Crippen LogP contribution in [-0.4, -0.2) is 31.1 Å². The van der Waals surface area contributed by atoms with Gasteiger partial charge in [0.1, 0.15) is 0 Å². The molecule has 1 amide bonds. The zero-order valence-electron chi connectivity index (χ0n) is 16.2. The first-order valence-electron chi connectivity index (χ1n) is 8.83. The predicted molar refractivity (Wildman–Crippen MR) is 112 cm³/mol. The standard InChI is InChI=1S/C21H26N2O3S/c1-5-18(17-11-12-19(25-3)20(13-17)26-4)22-23-21(24)15(2)27-14-16-9-7-6-8-10-16/h6-13,15H,5,14H2,1-4H3,(H,23,24)/b22-18-/t15-/m0/s1. The second kappa shape index (κ2) is 10.6. The van der Waals surface area contributed by atoms with Crippen LogP contribution < -0.4 is 14.9 Å². The number of methoxy groups -OCH3 is 2. The Kier molecular flexibility index (Phi) is 8.20. The predicted octanol–water partition coefficient (Wildman–Crippen LogP) is 4.26. The van der Waals surface area contributed by atoms with Crippen LogP contribution in [0, 0.1) is 0 Å². The minimum Gasteiger partial charge on any atom is -0.493 e. The van der Waals surface area contributed by atoms with Gasteiger partial charge in [0.15, 0.2) is 11.5 Å². The molecule has 0 unspecified atom stereocenters. The Balaban J connectivity index is 2.00. The third-order valence-corrected chi connectivity index (χ3v) is 5.28. The molecule has 2 rings (SSSR count). The highest BCUT2D eigenvalue weighted by Crippen LogP contribution is 2.28. The maximum Gasteiger partial charge on any atom is 0.252 e. The third kappa shape index (κ3) is 6.03. The number of thioether (sulfide) groups is 1. The van der Waals surface area contributed by atoms with Crippen molar-refractivity contribution >= 4 is 23.4 Å². The van der Waals surface area contributed by atoms with Crippen LogP contribution in [0.4, 0.5) is 0 Å². The largest absolute Gasteiger partial charge is 0.493 e. The minimum absolute atomic E-state index is 0.109. The SMILES string of the molecule is CC/C(=N/NC(=O)[C@H](C)SCc1ccccc1)c1ccc(OC)c(OC)c1. The number of nitrogens with zero attached hydrogens (tertiary/aromatic N) is 1. The second-order valence-corrected chi connectivity index (χ2v) is 7.23. The van der Waals surface area contributed by atoms with Crippen LogP contribution in [0.1, 0.15) is 31.4 Å². The summed E-state index contributed by atoms with van der Waals surface area (Å²) in [7, 11) is 3.19. The number of amides is 1. The fraction of sp³-hybridized carbons (Fsp3) is 0.333. The van der Waals surface area contributed by atoms with Gasteiger partial charge in [0, 0.05) is 11.3 Å². The number of rotatable bonds is 9. The third-order valence-electron chi connectivity index (χ3n) is 4.06. The van der Waals surface area contributed by atoms with E-state index in [-0.39, 0.29) is 11.2 Å². The van der Waals surface area contributed by atoms with Crippen molar-refractivity contribution in [3.63, 3.8) is 0 Å². The molecule has 0 saturated heterocycles. The van der Waals surface area contributed by atoms with Crippen molar-refractivity contribution in [2.24, 2.45) is 5.10 Å². The summed E-state index contributed by atoms with van der Waals surface area (Å²) >= 11 is 1.59. The van der Waals surface area contributed by atoms with Gasteiger partial charge in [-0.15, -0.1) is 11.8 Å². The summed E-state index contributed by atoms with van der Waals surface area (Å²) in [4.78, 5) is 12.4. The van der Waals surface area contributed by atoms with Crippen LogP contribution in [0.2, 0.25) is 0 Å². The van der Waals surface area contributed by atoms with Gasteiger partial charge in [0.25, 0.3) is 5.91 Å². The molecule has 144 valence electrons. The van der Waals surface area contributed by atoms with E-state index in [1.54, 1.807) is 26.0 Å². The summed E-state index contributed by atoms with van der Waals surface area (Å²) in [5.74, 6) is 1.97. The van der Waals surface area contributed by atoms with Crippen molar-refractivity contribution in [2.45, 2.75) is 31.3 Å². The zero-order valence-corrected chi connectivity index (χ0v) is 17.0. The van der Waals surface area contributed by atoms with Crippen LogP contribution in [-0.2, 0) is 10.5 Å². The van der Waals surface area contributed by atoms with Gasteiger partial charge in [0.05, 0.1) is 25.2 Å². The van der Waals surface area contributed by atoms with Gasteiger partial charge in [-0.25, -0.2) is 5.43 Å². The molecule has 0 heterocycles. The first-order valence-corrected chi connectivity index (χ1v) is 9.88. The molecule has 27 heavy (non-hydrogen) atoms. The number of hydrogen-bond acceptors (Lipinski definition) is 5. The molecule has 0 spiro atoms. The molecule has 0 aliphatic rings. The van der Waals surface area contributed by atoms with E-state index in [9.17, 15) is 4.79 Å². The Hall–Kier alpha value is -2.47. The molecular formula is C21H26N2O3S. The second-order valence-electron chi connectivity index (χ2n) is 5.90. The molecule has 6 heteroatoms. The lowest BCUT2D eigenvalue weighted by Gasteiger charge is -2.12. The van der Waals surface area contributed by atoms with E-state index >= 15 is 0 Å². The maximum absolute atomic E-state index is 12.4. The Morgan fingerprint density at radius 3 is 2.44 bits per heavy atom. The molecule has 0 aromatic heterocycles. The average Bonchev–Trinajstić information content (AvgIpc) is 2.72. The van der Waals surface area contributed by atoms with Crippen LogP contribution in [0.15, 0.2) is 53.6 Å². The number of hydrazone groups is 1. The van der Waals surface area contributed by atoms with Crippen LogP contribution in [0.25, 0.3) is 0 Å². The highest BCUT2D eigenvalue weighted by Gasteiger charge is 2.14. The fourth-order valence-corrected chi connectivity index (χ4v) is 3.29. The molecule has 0 aliphatic heterocycles.